The number of thiazole rings is 1. The van der Waals surface area contributed by atoms with E-state index in [1.165, 1.54) is 11.3 Å². The molecule has 4 rings (SSSR count). The molecule has 3 aromatic rings. The lowest BCUT2D eigenvalue weighted by molar-refractivity contribution is -0.136. The molecule has 0 atom stereocenters. The molecule has 6 nitrogen and oxygen atoms in total. The van der Waals surface area contributed by atoms with Gasteiger partial charge in [0.25, 0.3) is 0 Å². The lowest BCUT2D eigenvalue weighted by atomic mass is 9.92. The molecular weight excluding hydrogens is 400 g/mol. The van der Waals surface area contributed by atoms with Crippen molar-refractivity contribution in [3.8, 4) is 5.88 Å². The lowest BCUT2D eigenvalue weighted by Crippen LogP contribution is -2.07. The van der Waals surface area contributed by atoms with Crippen molar-refractivity contribution in [2.45, 2.75) is 12.8 Å². The van der Waals surface area contributed by atoms with Crippen molar-refractivity contribution in [3.05, 3.63) is 81.7 Å². The third-order valence-electron chi connectivity index (χ3n) is 4.66. The summed E-state index contributed by atoms with van der Waals surface area (Å²) in [4.78, 5) is 28.0. The van der Waals surface area contributed by atoms with Gasteiger partial charge in [-0.15, -0.1) is 0 Å². The first-order valence-corrected chi connectivity index (χ1v) is 10.1. The van der Waals surface area contributed by atoms with Crippen LogP contribution in [0.1, 0.15) is 32.8 Å². The number of carboxylic acid groups (broad SMARTS) is 1. The molecule has 0 saturated heterocycles. The highest BCUT2D eigenvalue weighted by molar-refractivity contribution is 7.16. The predicted octanol–water partition coefficient (Wildman–Crippen LogP) is 4.90. The van der Waals surface area contributed by atoms with Crippen molar-refractivity contribution in [2.75, 3.05) is 5.32 Å². The first-order chi connectivity index (χ1) is 14.5. The van der Waals surface area contributed by atoms with Crippen LogP contribution in [-0.4, -0.2) is 26.9 Å². The van der Waals surface area contributed by atoms with Gasteiger partial charge in [0.2, 0.25) is 5.88 Å². The number of aromatic nitrogens is 1. The summed E-state index contributed by atoms with van der Waals surface area (Å²) in [6.45, 7) is 0. The molecule has 1 heterocycles. The molecule has 30 heavy (non-hydrogen) atoms. The smallest absolute Gasteiger partial charge is 0.303 e. The van der Waals surface area contributed by atoms with E-state index in [0.29, 0.717) is 27.6 Å². The van der Waals surface area contributed by atoms with Crippen molar-refractivity contribution >= 4 is 46.1 Å². The highest BCUT2D eigenvalue weighted by atomic mass is 32.1. The van der Waals surface area contributed by atoms with Crippen LogP contribution in [0, 0.1) is 0 Å². The predicted molar refractivity (Wildman–Crippen MR) is 117 cm³/mol. The molecule has 0 bridgehead atoms. The van der Waals surface area contributed by atoms with Crippen molar-refractivity contribution < 1.29 is 19.8 Å². The average molecular weight is 418 g/mol. The largest absolute Gasteiger partial charge is 0.492 e. The molecule has 150 valence electrons. The zero-order valence-electron chi connectivity index (χ0n) is 15.8. The van der Waals surface area contributed by atoms with E-state index in [-0.39, 0.29) is 18.1 Å². The first-order valence-electron chi connectivity index (χ1n) is 9.30. The number of anilines is 2. The van der Waals surface area contributed by atoms with Crippen LogP contribution in [-0.2, 0) is 11.2 Å². The minimum atomic E-state index is -0.827. The molecule has 0 saturated carbocycles. The first kappa shape index (κ1) is 19.6. The van der Waals surface area contributed by atoms with Crippen molar-refractivity contribution in [1.29, 1.82) is 0 Å². The van der Waals surface area contributed by atoms with E-state index in [4.69, 9.17) is 5.11 Å². The number of allylic oxidation sites excluding steroid dienone is 2. The molecule has 1 aromatic heterocycles. The maximum absolute atomic E-state index is 12.7. The summed E-state index contributed by atoms with van der Waals surface area (Å²) in [6.07, 6.45) is 5.82. The van der Waals surface area contributed by atoms with Gasteiger partial charge in [-0.2, -0.15) is 4.98 Å². The number of carboxylic acids is 1. The van der Waals surface area contributed by atoms with Crippen molar-refractivity contribution in [3.63, 3.8) is 0 Å². The van der Waals surface area contributed by atoms with Crippen molar-refractivity contribution in [1.82, 2.24) is 4.98 Å². The molecule has 2 aromatic carbocycles. The summed E-state index contributed by atoms with van der Waals surface area (Å²) in [5, 5.41) is 22.6. The number of carbonyl (C=O) groups is 2. The Morgan fingerprint density at radius 2 is 1.87 bits per heavy atom. The lowest BCUT2D eigenvalue weighted by Gasteiger charge is -2.11. The molecule has 1 aliphatic carbocycles. The summed E-state index contributed by atoms with van der Waals surface area (Å²) < 4.78 is 0. The number of ketones is 1. The Hall–Kier alpha value is -3.71. The normalized spacial score (nSPS) is 14.0. The number of hydrogen-bond acceptors (Lipinski definition) is 6. The molecule has 0 unspecified atom stereocenters. The van der Waals surface area contributed by atoms with Crippen LogP contribution in [0.2, 0.25) is 0 Å². The second kappa shape index (κ2) is 8.34. The maximum atomic E-state index is 12.7. The minimum Gasteiger partial charge on any atom is -0.492 e. The van der Waals surface area contributed by atoms with Gasteiger partial charge in [0.05, 0.1) is 4.88 Å². The van der Waals surface area contributed by atoms with Crippen LogP contribution in [0.25, 0.3) is 12.2 Å². The molecule has 0 amide bonds. The van der Waals surface area contributed by atoms with Gasteiger partial charge >= 0.3 is 5.97 Å². The SMILES string of the molecule is O=C(O)CCc1ccc(Nc2nc(O)c(C=C3C=Cc4ccccc4C3=O)s2)cc1. The second-order valence-electron chi connectivity index (χ2n) is 6.77. The molecule has 0 aliphatic heterocycles. The fraction of sp³-hybridized carbons (Fsp3) is 0.0870. The molecule has 3 N–H and O–H groups in total. The monoisotopic (exact) mass is 418 g/mol. The van der Waals surface area contributed by atoms with Crippen LogP contribution in [0.3, 0.4) is 0 Å². The molecule has 7 heteroatoms. The maximum Gasteiger partial charge on any atom is 0.303 e. The molecule has 0 fully saturated rings. The summed E-state index contributed by atoms with van der Waals surface area (Å²) in [7, 11) is 0. The van der Waals surface area contributed by atoms with Gasteiger partial charge in [-0.25, -0.2) is 0 Å². The van der Waals surface area contributed by atoms with Crippen LogP contribution < -0.4 is 5.32 Å². The Balaban J connectivity index is 1.50. The fourth-order valence-electron chi connectivity index (χ4n) is 3.12. The van der Waals surface area contributed by atoms with Crippen LogP contribution >= 0.6 is 11.3 Å². The zero-order chi connectivity index (χ0) is 21.1. The Morgan fingerprint density at radius 1 is 1.10 bits per heavy atom. The highest BCUT2D eigenvalue weighted by Gasteiger charge is 2.19. The third kappa shape index (κ3) is 4.31. The third-order valence-corrected chi connectivity index (χ3v) is 5.57. The van der Waals surface area contributed by atoms with Gasteiger partial charge < -0.3 is 15.5 Å². The number of benzene rings is 2. The van der Waals surface area contributed by atoms with Crippen LogP contribution in [0.4, 0.5) is 10.8 Å². The standard InChI is InChI=1S/C23H18N2O4S/c26-20(27)12-7-14-5-10-17(11-6-14)24-23-25-22(29)19(30-23)13-16-9-8-15-3-1-2-4-18(15)21(16)28/h1-6,8-11,13,29H,7,12H2,(H,24,25)(H,26,27). The van der Waals surface area contributed by atoms with E-state index >= 15 is 0 Å². The number of Topliss-reactive ketones (excluding diaryl/α,β-unsaturated/α-hetero) is 1. The summed E-state index contributed by atoms with van der Waals surface area (Å²) in [6, 6.07) is 14.8. The van der Waals surface area contributed by atoms with Gasteiger partial charge in [-0.1, -0.05) is 59.9 Å². The Labute approximate surface area is 176 Å². The van der Waals surface area contributed by atoms with Gasteiger partial charge in [-0.3, -0.25) is 9.59 Å². The second-order valence-corrected chi connectivity index (χ2v) is 7.80. The number of nitrogens with zero attached hydrogens (tertiary/aromatic N) is 1. The Bertz CT molecular complexity index is 1180. The van der Waals surface area contributed by atoms with E-state index in [1.54, 1.807) is 18.2 Å². The average Bonchev–Trinajstić information content (AvgIpc) is 3.08. The van der Waals surface area contributed by atoms with E-state index in [1.807, 2.05) is 48.5 Å². The number of aliphatic carboxylic acids is 1. The zero-order valence-corrected chi connectivity index (χ0v) is 16.6. The number of hydrogen-bond donors (Lipinski definition) is 3. The van der Waals surface area contributed by atoms with Crippen LogP contribution in [0.15, 0.2) is 60.2 Å². The number of fused-ring (bicyclic) bond motifs is 1. The molecule has 0 spiro atoms. The molecule has 1 aliphatic rings. The Kier molecular flexibility index (Phi) is 5.45. The van der Waals surface area contributed by atoms with Gasteiger partial charge in [0.1, 0.15) is 0 Å². The van der Waals surface area contributed by atoms with Gasteiger partial charge in [-0.05, 0) is 35.8 Å². The van der Waals surface area contributed by atoms with Crippen LogP contribution in [0.5, 0.6) is 5.88 Å². The molecule has 0 radical (unpaired) electrons. The molecular formula is C23H18N2O4S. The highest BCUT2D eigenvalue weighted by Crippen LogP contribution is 2.33. The van der Waals surface area contributed by atoms with Crippen molar-refractivity contribution in [2.24, 2.45) is 0 Å². The van der Waals surface area contributed by atoms with E-state index in [2.05, 4.69) is 10.3 Å². The quantitative estimate of drug-likeness (QED) is 0.492. The van der Waals surface area contributed by atoms with E-state index in [0.717, 1.165) is 16.8 Å². The Morgan fingerprint density at radius 3 is 2.63 bits per heavy atom. The van der Waals surface area contributed by atoms with Gasteiger partial charge in [0.15, 0.2) is 10.9 Å². The number of rotatable bonds is 6. The number of nitrogens with one attached hydrogen (secondary N) is 1. The summed E-state index contributed by atoms with van der Waals surface area (Å²) in [5.74, 6) is -1.06. The summed E-state index contributed by atoms with van der Waals surface area (Å²) >= 11 is 1.24. The van der Waals surface area contributed by atoms with Gasteiger partial charge in [0, 0.05) is 23.2 Å². The minimum absolute atomic E-state index is 0.0861. The van der Waals surface area contributed by atoms with E-state index < -0.39 is 5.97 Å². The number of aromatic hydroxyl groups is 1. The number of carbonyl (C=O) groups excluding carboxylic acids is 1. The topological polar surface area (TPSA) is 99.5 Å². The number of aryl methyl sites for hydroxylation is 1. The van der Waals surface area contributed by atoms with E-state index in [9.17, 15) is 14.7 Å². The summed E-state index contributed by atoms with van der Waals surface area (Å²) in [5.41, 5.74) is 3.70. The fourth-order valence-corrected chi connectivity index (χ4v) is 3.95.